The summed E-state index contributed by atoms with van der Waals surface area (Å²) in [6.45, 7) is 0.0694. The number of para-hydroxylation sites is 1. The molecule has 176 valence electrons. The van der Waals surface area contributed by atoms with Crippen molar-refractivity contribution in [2.45, 2.75) is 6.54 Å². The predicted molar refractivity (Wildman–Crippen MR) is 127 cm³/mol. The Labute approximate surface area is 200 Å². The number of oxazole rings is 2. The molecule has 3 heterocycles. The number of methoxy groups -OCH3 is 1. The van der Waals surface area contributed by atoms with Gasteiger partial charge in [-0.25, -0.2) is 14.6 Å². The Morgan fingerprint density at radius 1 is 1.14 bits per heavy atom. The molecule has 0 bridgehead atoms. The van der Waals surface area contributed by atoms with Gasteiger partial charge in [0.1, 0.15) is 12.3 Å². The second-order valence-corrected chi connectivity index (χ2v) is 7.51. The summed E-state index contributed by atoms with van der Waals surface area (Å²) >= 11 is 0. The largest absolute Gasteiger partial charge is 0.496 e. The van der Waals surface area contributed by atoms with Gasteiger partial charge in [-0.2, -0.15) is 0 Å². The van der Waals surface area contributed by atoms with Crippen LogP contribution in [-0.2, 0) is 11.3 Å². The van der Waals surface area contributed by atoms with Crippen LogP contribution in [0.2, 0.25) is 0 Å². The summed E-state index contributed by atoms with van der Waals surface area (Å²) in [7, 11) is 3.29. The molecule has 0 unspecified atom stereocenters. The summed E-state index contributed by atoms with van der Waals surface area (Å²) < 4.78 is 18.3. The fourth-order valence-corrected chi connectivity index (χ4v) is 3.57. The molecule has 0 aliphatic rings. The van der Waals surface area contributed by atoms with Gasteiger partial charge in [-0.3, -0.25) is 4.79 Å². The second kappa shape index (κ2) is 9.51. The van der Waals surface area contributed by atoms with Crippen molar-refractivity contribution >= 4 is 23.3 Å². The van der Waals surface area contributed by atoms with E-state index in [9.17, 15) is 4.79 Å². The highest BCUT2D eigenvalue weighted by atomic mass is 16.5. The number of hydrogen-bond donors (Lipinski definition) is 1. The lowest BCUT2D eigenvalue weighted by atomic mass is 10.1. The molecule has 0 radical (unpaired) electrons. The molecule has 0 saturated heterocycles. The molecule has 0 aliphatic carbocycles. The highest BCUT2D eigenvalue weighted by molar-refractivity contribution is 5.96. The number of nitrogens with one attached hydrogen (secondary N) is 1. The molecule has 2 aromatic carbocycles. The summed E-state index contributed by atoms with van der Waals surface area (Å²) in [6.07, 6.45) is 7.76. The first-order valence-electron chi connectivity index (χ1n) is 10.6. The first-order valence-corrected chi connectivity index (χ1v) is 10.6. The Balaban J connectivity index is 1.36. The van der Waals surface area contributed by atoms with Gasteiger partial charge in [-0.15, -0.1) is 5.10 Å². The summed E-state index contributed by atoms with van der Waals surface area (Å²) in [4.78, 5) is 22.6. The van der Waals surface area contributed by atoms with Crippen molar-refractivity contribution < 1.29 is 18.4 Å². The van der Waals surface area contributed by atoms with Crippen LogP contribution in [0.1, 0.15) is 0 Å². The zero-order chi connectivity index (χ0) is 24.2. The molecular formula is C24H21N7O4. The lowest BCUT2D eigenvalue weighted by Crippen LogP contribution is -2.30. The molecule has 0 saturated carbocycles. The van der Waals surface area contributed by atoms with Gasteiger partial charge < -0.3 is 23.8 Å². The van der Waals surface area contributed by atoms with E-state index in [2.05, 4.69) is 25.6 Å². The molecule has 0 fully saturated rings. The monoisotopic (exact) mass is 471 g/mol. The Kier molecular flexibility index (Phi) is 5.95. The summed E-state index contributed by atoms with van der Waals surface area (Å²) in [6, 6.07) is 13.3. The molecule has 0 spiro atoms. The van der Waals surface area contributed by atoms with Crippen LogP contribution in [0.15, 0.2) is 82.5 Å². The van der Waals surface area contributed by atoms with Gasteiger partial charge in [-0.1, -0.05) is 17.3 Å². The van der Waals surface area contributed by atoms with Gasteiger partial charge >= 0.3 is 0 Å². The smallest absolute Gasteiger partial charge is 0.299 e. The summed E-state index contributed by atoms with van der Waals surface area (Å²) in [5.41, 5.74) is 2.89. The minimum atomic E-state index is -0.153. The third kappa shape index (κ3) is 4.60. The van der Waals surface area contributed by atoms with E-state index in [4.69, 9.17) is 13.6 Å². The van der Waals surface area contributed by atoms with Crippen LogP contribution in [0.3, 0.4) is 0 Å². The number of ether oxygens (including phenoxy) is 1. The van der Waals surface area contributed by atoms with E-state index in [1.807, 2.05) is 42.5 Å². The molecule has 5 aromatic rings. The van der Waals surface area contributed by atoms with E-state index in [1.54, 1.807) is 37.6 Å². The lowest BCUT2D eigenvalue weighted by molar-refractivity contribution is -0.119. The molecule has 1 amide bonds. The third-order valence-corrected chi connectivity index (χ3v) is 5.33. The average Bonchev–Trinajstić information content (AvgIpc) is 3.67. The van der Waals surface area contributed by atoms with Gasteiger partial charge in [0, 0.05) is 30.6 Å². The number of carbonyl (C=O) groups is 1. The van der Waals surface area contributed by atoms with Crippen LogP contribution >= 0.6 is 0 Å². The van der Waals surface area contributed by atoms with Crippen LogP contribution in [0.25, 0.3) is 22.6 Å². The maximum absolute atomic E-state index is 12.8. The molecule has 0 aliphatic heterocycles. The van der Waals surface area contributed by atoms with Crippen molar-refractivity contribution in [2.24, 2.45) is 0 Å². The van der Waals surface area contributed by atoms with Crippen LogP contribution in [0, 0.1) is 0 Å². The first-order chi connectivity index (χ1) is 17.1. The van der Waals surface area contributed by atoms with Gasteiger partial charge in [0.05, 0.1) is 37.0 Å². The number of aromatic nitrogens is 5. The third-order valence-electron chi connectivity index (χ3n) is 5.33. The van der Waals surface area contributed by atoms with E-state index in [-0.39, 0.29) is 12.5 Å². The van der Waals surface area contributed by atoms with Crippen LogP contribution in [0.5, 0.6) is 5.75 Å². The van der Waals surface area contributed by atoms with E-state index in [1.165, 1.54) is 17.3 Å². The van der Waals surface area contributed by atoms with E-state index < -0.39 is 0 Å². The van der Waals surface area contributed by atoms with Crippen molar-refractivity contribution in [2.75, 3.05) is 24.4 Å². The number of amides is 1. The highest BCUT2D eigenvalue weighted by Gasteiger charge is 2.19. The Bertz CT molecular complexity index is 1430. The minimum Gasteiger partial charge on any atom is -0.496 e. The fourth-order valence-electron chi connectivity index (χ4n) is 3.57. The SMILES string of the molecule is COc1cc(Nc2ncc(-c3ccccc3N(C)C(=O)Cn3ccnn3)o2)ccc1-c1cnco1. The van der Waals surface area contributed by atoms with E-state index in [0.717, 1.165) is 11.1 Å². The standard InChI is InChI=1S/C24H21N7O4/c1-30(23(32)14-31-10-9-27-29-31)19-6-4-3-5-17(19)22-13-26-24(35-22)28-16-7-8-18(20(11-16)33-2)21-12-25-15-34-21/h3-13,15H,14H2,1-2H3,(H,26,28). The van der Waals surface area contributed by atoms with Crippen LogP contribution in [-0.4, -0.2) is 45.0 Å². The number of rotatable bonds is 8. The molecule has 35 heavy (non-hydrogen) atoms. The first kappa shape index (κ1) is 21.9. The molecule has 11 nitrogen and oxygen atoms in total. The number of nitrogens with zero attached hydrogens (tertiary/aromatic N) is 6. The molecule has 5 rings (SSSR count). The van der Waals surface area contributed by atoms with E-state index in [0.29, 0.717) is 34.7 Å². The van der Waals surface area contributed by atoms with Crippen LogP contribution in [0.4, 0.5) is 17.4 Å². The van der Waals surface area contributed by atoms with Crippen molar-refractivity contribution in [1.29, 1.82) is 0 Å². The summed E-state index contributed by atoms with van der Waals surface area (Å²) in [5, 5.41) is 10.7. The van der Waals surface area contributed by atoms with Crippen molar-refractivity contribution in [3.63, 3.8) is 0 Å². The van der Waals surface area contributed by atoms with Crippen molar-refractivity contribution in [1.82, 2.24) is 25.0 Å². The minimum absolute atomic E-state index is 0.0694. The molecule has 1 N–H and O–H groups in total. The maximum atomic E-state index is 12.8. The normalized spacial score (nSPS) is 10.8. The predicted octanol–water partition coefficient (Wildman–Crippen LogP) is 4.00. The van der Waals surface area contributed by atoms with Gasteiger partial charge in [-0.05, 0) is 24.3 Å². The topological polar surface area (TPSA) is 124 Å². The second-order valence-electron chi connectivity index (χ2n) is 7.51. The Morgan fingerprint density at radius 2 is 2.03 bits per heavy atom. The number of likely N-dealkylation sites (N-methyl/N-ethyl adjacent to an activating group) is 1. The number of carbonyl (C=O) groups excluding carboxylic acids is 1. The van der Waals surface area contributed by atoms with Crippen molar-refractivity contribution in [3.8, 4) is 28.4 Å². The molecule has 11 heteroatoms. The average molecular weight is 471 g/mol. The number of hydrogen-bond acceptors (Lipinski definition) is 9. The molecular weight excluding hydrogens is 450 g/mol. The van der Waals surface area contributed by atoms with Crippen LogP contribution < -0.4 is 15.0 Å². The molecule has 3 aromatic heterocycles. The fraction of sp³-hybridized carbons (Fsp3) is 0.125. The number of benzene rings is 2. The zero-order valence-corrected chi connectivity index (χ0v) is 19.0. The van der Waals surface area contributed by atoms with Gasteiger partial charge in [0.25, 0.3) is 6.01 Å². The highest BCUT2D eigenvalue weighted by Crippen LogP contribution is 2.35. The Morgan fingerprint density at radius 3 is 2.80 bits per heavy atom. The maximum Gasteiger partial charge on any atom is 0.299 e. The lowest BCUT2D eigenvalue weighted by Gasteiger charge is -2.19. The van der Waals surface area contributed by atoms with Crippen molar-refractivity contribution in [3.05, 3.63) is 73.6 Å². The quantitative estimate of drug-likeness (QED) is 0.357. The van der Waals surface area contributed by atoms with Gasteiger partial charge in [0.15, 0.2) is 17.9 Å². The Hall–Kier alpha value is -4.93. The molecule has 0 atom stereocenters. The number of anilines is 3. The van der Waals surface area contributed by atoms with Gasteiger partial charge in [0.2, 0.25) is 5.91 Å². The van der Waals surface area contributed by atoms with E-state index >= 15 is 0 Å². The summed E-state index contributed by atoms with van der Waals surface area (Å²) in [5.74, 6) is 1.57. The zero-order valence-electron chi connectivity index (χ0n) is 19.0.